The van der Waals surface area contributed by atoms with E-state index < -0.39 is 17.9 Å². The topological polar surface area (TPSA) is 90.9 Å². The summed E-state index contributed by atoms with van der Waals surface area (Å²) in [5.41, 5.74) is 0. The van der Waals surface area contributed by atoms with E-state index in [2.05, 4.69) is 15.5 Å². The van der Waals surface area contributed by atoms with Crippen LogP contribution < -0.4 is 10.6 Å². The third kappa shape index (κ3) is 5.89. The fraction of sp³-hybridized carbons (Fsp3) is 0.833. The number of amides is 2. The lowest BCUT2D eigenvalue weighted by molar-refractivity contribution is -0.141. The first kappa shape index (κ1) is 15.7. The zero-order chi connectivity index (χ0) is 14.3. The van der Waals surface area contributed by atoms with Gasteiger partial charge in [-0.1, -0.05) is 0 Å². The van der Waals surface area contributed by atoms with Gasteiger partial charge in [-0.05, 0) is 13.8 Å². The van der Waals surface area contributed by atoms with Crippen LogP contribution in [0.2, 0.25) is 0 Å². The van der Waals surface area contributed by atoms with Crippen LogP contribution in [-0.4, -0.2) is 67.4 Å². The third-order valence-electron chi connectivity index (χ3n) is 3.32. The first-order chi connectivity index (χ1) is 9.00. The summed E-state index contributed by atoms with van der Waals surface area (Å²) in [5, 5.41) is 14.2. The molecule has 1 heterocycles. The number of carbonyl (C=O) groups excluding carboxylic acids is 1. The number of aliphatic carboxylic acids is 1. The zero-order valence-corrected chi connectivity index (χ0v) is 11.5. The molecular formula is C12H23N3O4. The summed E-state index contributed by atoms with van der Waals surface area (Å²) in [5.74, 6) is -1.52. The first-order valence-corrected chi connectivity index (χ1v) is 6.58. The fourth-order valence-electron chi connectivity index (χ4n) is 1.75. The van der Waals surface area contributed by atoms with E-state index in [4.69, 9.17) is 9.84 Å². The Kier molecular flexibility index (Phi) is 6.58. The number of ether oxygens (including phenoxy) is 1. The van der Waals surface area contributed by atoms with Gasteiger partial charge in [0.1, 0.15) is 0 Å². The minimum atomic E-state index is -0.916. The Morgan fingerprint density at radius 3 is 2.53 bits per heavy atom. The predicted octanol–water partition coefficient (Wildman–Crippen LogP) is -0.273. The monoisotopic (exact) mass is 273 g/mol. The predicted molar refractivity (Wildman–Crippen MR) is 70.1 cm³/mol. The second kappa shape index (κ2) is 7.96. The number of carboxylic acids is 1. The lowest BCUT2D eigenvalue weighted by atomic mass is 10.0. The Bertz CT molecular complexity index is 305. The van der Waals surface area contributed by atoms with Crippen LogP contribution in [0.3, 0.4) is 0 Å². The molecule has 2 atom stereocenters. The van der Waals surface area contributed by atoms with E-state index in [1.54, 1.807) is 13.8 Å². The largest absolute Gasteiger partial charge is 0.481 e. The smallest absolute Gasteiger partial charge is 0.315 e. The molecule has 2 unspecified atom stereocenters. The molecule has 1 rings (SSSR count). The molecule has 19 heavy (non-hydrogen) atoms. The summed E-state index contributed by atoms with van der Waals surface area (Å²) in [4.78, 5) is 24.5. The van der Waals surface area contributed by atoms with Crippen LogP contribution in [-0.2, 0) is 9.53 Å². The average molecular weight is 273 g/mol. The van der Waals surface area contributed by atoms with Crippen molar-refractivity contribution in [2.45, 2.75) is 19.9 Å². The molecule has 2 amide bonds. The SMILES string of the molecule is CC(NC(=O)NCCN1CCOCC1)C(C)C(=O)O. The highest BCUT2D eigenvalue weighted by atomic mass is 16.5. The quantitative estimate of drug-likeness (QED) is 0.619. The van der Waals surface area contributed by atoms with Gasteiger partial charge in [0, 0.05) is 32.2 Å². The molecule has 7 nitrogen and oxygen atoms in total. The van der Waals surface area contributed by atoms with Gasteiger partial charge in [0.15, 0.2) is 0 Å². The van der Waals surface area contributed by atoms with Crippen LogP contribution in [0.25, 0.3) is 0 Å². The second-order valence-corrected chi connectivity index (χ2v) is 4.77. The van der Waals surface area contributed by atoms with E-state index in [0.29, 0.717) is 6.54 Å². The van der Waals surface area contributed by atoms with Crippen LogP contribution in [0, 0.1) is 5.92 Å². The molecule has 0 saturated carbocycles. The van der Waals surface area contributed by atoms with Crippen molar-refractivity contribution in [2.75, 3.05) is 39.4 Å². The van der Waals surface area contributed by atoms with Crippen molar-refractivity contribution in [3.8, 4) is 0 Å². The maximum absolute atomic E-state index is 11.6. The number of nitrogens with one attached hydrogen (secondary N) is 2. The molecule has 0 radical (unpaired) electrons. The van der Waals surface area contributed by atoms with E-state index in [1.165, 1.54) is 0 Å². The molecule has 1 saturated heterocycles. The van der Waals surface area contributed by atoms with Gasteiger partial charge in [-0.25, -0.2) is 4.79 Å². The van der Waals surface area contributed by atoms with Gasteiger partial charge in [0.05, 0.1) is 19.1 Å². The molecule has 0 bridgehead atoms. The van der Waals surface area contributed by atoms with E-state index in [0.717, 1.165) is 32.8 Å². The van der Waals surface area contributed by atoms with E-state index in [9.17, 15) is 9.59 Å². The standard InChI is InChI=1S/C12H23N3O4/c1-9(11(16)17)10(2)14-12(18)13-3-4-15-5-7-19-8-6-15/h9-10H,3-8H2,1-2H3,(H,16,17)(H2,13,14,18). The number of urea groups is 1. The number of carboxylic acid groups (broad SMARTS) is 1. The van der Waals surface area contributed by atoms with Crippen LogP contribution in [0.4, 0.5) is 4.79 Å². The van der Waals surface area contributed by atoms with Crippen molar-refractivity contribution in [1.82, 2.24) is 15.5 Å². The van der Waals surface area contributed by atoms with Gasteiger partial charge in [-0.15, -0.1) is 0 Å². The van der Waals surface area contributed by atoms with E-state index in [-0.39, 0.29) is 6.03 Å². The Morgan fingerprint density at radius 2 is 1.95 bits per heavy atom. The molecule has 0 aromatic rings. The van der Waals surface area contributed by atoms with Gasteiger partial charge < -0.3 is 20.5 Å². The van der Waals surface area contributed by atoms with Crippen LogP contribution in [0.15, 0.2) is 0 Å². The normalized spacial score (nSPS) is 19.5. The Labute approximate surface area is 113 Å². The van der Waals surface area contributed by atoms with Gasteiger partial charge in [-0.2, -0.15) is 0 Å². The van der Waals surface area contributed by atoms with E-state index >= 15 is 0 Å². The summed E-state index contributed by atoms with van der Waals surface area (Å²) in [6.45, 7) is 7.81. The minimum Gasteiger partial charge on any atom is -0.481 e. The van der Waals surface area contributed by atoms with Crippen molar-refractivity contribution in [2.24, 2.45) is 5.92 Å². The summed E-state index contributed by atoms with van der Waals surface area (Å²) in [7, 11) is 0. The molecule has 0 spiro atoms. The Hall–Kier alpha value is -1.34. The number of hydrogen-bond acceptors (Lipinski definition) is 4. The van der Waals surface area contributed by atoms with Crippen molar-refractivity contribution in [3.63, 3.8) is 0 Å². The molecular weight excluding hydrogens is 250 g/mol. The number of rotatable bonds is 6. The molecule has 1 aliphatic heterocycles. The third-order valence-corrected chi connectivity index (χ3v) is 3.32. The molecule has 0 aliphatic carbocycles. The zero-order valence-electron chi connectivity index (χ0n) is 11.5. The molecule has 110 valence electrons. The van der Waals surface area contributed by atoms with Gasteiger partial charge >= 0.3 is 12.0 Å². The Balaban J connectivity index is 2.15. The van der Waals surface area contributed by atoms with Crippen molar-refractivity contribution >= 4 is 12.0 Å². The maximum Gasteiger partial charge on any atom is 0.315 e. The number of carbonyl (C=O) groups is 2. The molecule has 0 aromatic carbocycles. The summed E-state index contributed by atoms with van der Waals surface area (Å²) >= 11 is 0. The molecule has 7 heteroatoms. The van der Waals surface area contributed by atoms with Crippen molar-refractivity contribution in [1.29, 1.82) is 0 Å². The molecule has 3 N–H and O–H groups in total. The van der Waals surface area contributed by atoms with Gasteiger partial charge in [0.25, 0.3) is 0 Å². The van der Waals surface area contributed by atoms with Crippen molar-refractivity contribution < 1.29 is 19.4 Å². The minimum absolute atomic E-state index is 0.325. The highest BCUT2D eigenvalue weighted by molar-refractivity contribution is 5.76. The first-order valence-electron chi connectivity index (χ1n) is 6.58. The summed E-state index contributed by atoms with van der Waals surface area (Å²) in [6, 6.07) is -0.727. The summed E-state index contributed by atoms with van der Waals surface area (Å²) in [6.07, 6.45) is 0. The molecule has 1 aliphatic rings. The van der Waals surface area contributed by atoms with Gasteiger partial charge in [0.2, 0.25) is 0 Å². The van der Waals surface area contributed by atoms with Crippen LogP contribution in [0.1, 0.15) is 13.8 Å². The number of nitrogens with zero attached hydrogens (tertiary/aromatic N) is 1. The Morgan fingerprint density at radius 1 is 1.32 bits per heavy atom. The summed E-state index contributed by atoms with van der Waals surface area (Å²) < 4.78 is 5.23. The fourth-order valence-corrected chi connectivity index (χ4v) is 1.75. The lowest BCUT2D eigenvalue weighted by Crippen LogP contribution is -2.47. The van der Waals surface area contributed by atoms with Crippen LogP contribution >= 0.6 is 0 Å². The van der Waals surface area contributed by atoms with Crippen LogP contribution in [0.5, 0.6) is 0 Å². The lowest BCUT2D eigenvalue weighted by Gasteiger charge is -2.26. The second-order valence-electron chi connectivity index (χ2n) is 4.77. The van der Waals surface area contributed by atoms with E-state index in [1.807, 2.05) is 0 Å². The number of hydrogen-bond donors (Lipinski definition) is 3. The molecule has 1 fully saturated rings. The average Bonchev–Trinajstić information content (AvgIpc) is 2.38. The van der Waals surface area contributed by atoms with Gasteiger partial charge in [-0.3, -0.25) is 9.69 Å². The number of morpholine rings is 1. The highest BCUT2D eigenvalue weighted by Crippen LogP contribution is 2.01. The van der Waals surface area contributed by atoms with Crippen molar-refractivity contribution in [3.05, 3.63) is 0 Å². The maximum atomic E-state index is 11.6. The molecule has 0 aromatic heterocycles. The highest BCUT2D eigenvalue weighted by Gasteiger charge is 2.20.